The molecule has 0 amide bonds. The zero-order valence-corrected chi connectivity index (χ0v) is 17.6. The van der Waals surface area contributed by atoms with E-state index in [2.05, 4.69) is 23.6 Å². The molecule has 1 saturated heterocycles. The average Bonchev–Trinajstić information content (AvgIpc) is 3.14. The van der Waals surface area contributed by atoms with Crippen LogP contribution in [0.1, 0.15) is 0 Å². The van der Waals surface area contributed by atoms with Crippen LogP contribution >= 0.6 is 23.2 Å². The molecule has 174 valence electrons. The van der Waals surface area contributed by atoms with Crippen LogP contribution in [0.4, 0.5) is 5.82 Å². The maximum absolute atomic E-state index is 13.2. The first-order valence-corrected chi connectivity index (χ1v) is 12.5. The van der Waals surface area contributed by atoms with Gasteiger partial charge in [0.05, 0.1) is 6.61 Å². The van der Waals surface area contributed by atoms with Crippen molar-refractivity contribution in [1.29, 1.82) is 0 Å². The first-order valence-electron chi connectivity index (χ1n) is 7.88. The number of ether oxygens (including phenoxy) is 1. The van der Waals surface area contributed by atoms with Crippen molar-refractivity contribution in [3.05, 3.63) is 12.7 Å². The number of phosphoric acid groups is 2. The fourth-order valence-corrected chi connectivity index (χ4v) is 7.16. The van der Waals surface area contributed by atoms with Crippen LogP contribution in [0.3, 0.4) is 0 Å². The molecule has 6 atom stereocenters. The molecule has 0 radical (unpaired) electrons. The lowest BCUT2D eigenvalue weighted by Gasteiger charge is -2.36. The molecule has 0 aromatic carbocycles. The van der Waals surface area contributed by atoms with E-state index in [0.29, 0.717) is 4.57 Å². The normalized spacial score (nSPS) is 30.9. The monoisotopic (exact) mass is 507 g/mol. The third kappa shape index (κ3) is 4.19. The number of hydrogen-bond acceptors (Lipinski definition) is 13. The number of imidazole rings is 1. The summed E-state index contributed by atoms with van der Waals surface area (Å²) in [6.45, 7) is -1.00. The van der Waals surface area contributed by atoms with Gasteiger partial charge in [0.15, 0.2) is 11.5 Å². The Morgan fingerprint density at radius 3 is 2.32 bits per heavy atom. The van der Waals surface area contributed by atoms with Crippen LogP contribution in [0.2, 0.25) is 0 Å². The number of aromatic nitrogens is 4. The first kappa shape index (κ1) is 24.3. The molecular weight excluding hydrogens is 491 g/mol. The lowest BCUT2D eigenvalue weighted by molar-refractivity contribution is -0.0981. The predicted octanol–water partition coefficient (Wildman–Crippen LogP) is -2.46. The van der Waals surface area contributed by atoms with Gasteiger partial charge < -0.3 is 45.4 Å². The summed E-state index contributed by atoms with van der Waals surface area (Å²) in [6, 6.07) is 0. The third-order valence-electron chi connectivity index (χ3n) is 4.13. The number of fused-ring (bicyclic) bond motifs is 1. The highest BCUT2D eigenvalue weighted by Gasteiger charge is 2.69. The van der Waals surface area contributed by atoms with E-state index in [1.54, 1.807) is 0 Å². The van der Waals surface area contributed by atoms with E-state index in [0.717, 1.165) is 12.7 Å². The molecule has 21 heteroatoms. The Morgan fingerprint density at radius 1 is 1.13 bits per heavy atom. The maximum Gasteiger partial charge on any atom is 0.488 e. The van der Waals surface area contributed by atoms with E-state index < -0.39 is 53.6 Å². The molecule has 1 aliphatic rings. The lowest BCUT2D eigenvalue weighted by Crippen LogP contribution is -2.45. The number of aliphatic hydroxyl groups is 3. The molecule has 0 bridgehead atoms. The molecule has 3 rings (SSSR count). The topological polar surface area (TPSA) is 290 Å². The van der Waals surface area contributed by atoms with Gasteiger partial charge in [-0.1, -0.05) is 0 Å². The van der Waals surface area contributed by atoms with Gasteiger partial charge in [0, 0.05) is 0 Å². The maximum atomic E-state index is 13.2. The van der Waals surface area contributed by atoms with Crippen LogP contribution in [0.5, 0.6) is 0 Å². The Bertz CT molecular complexity index is 1140. The molecule has 0 saturated carbocycles. The summed E-state index contributed by atoms with van der Waals surface area (Å²) in [6.07, 6.45) is -4.59. The molecule has 3 heterocycles. The minimum absolute atomic E-state index is 0.182. The summed E-state index contributed by atoms with van der Waals surface area (Å²) in [4.78, 5) is 48.8. The van der Waals surface area contributed by atoms with Gasteiger partial charge in [-0.3, -0.25) is 9.13 Å². The summed E-state index contributed by atoms with van der Waals surface area (Å²) in [5.74, 6) is -0.225. The van der Waals surface area contributed by atoms with Gasteiger partial charge in [-0.15, -0.1) is 0 Å². The Hall–Kier alpha value is -1.36. The molecule has 1 fully saturated rings. The zero-order valence-electron chi connectivity index (χ0n) is 14.9. The third-order valence-corrected chi connectivity index (χ3v) is 8.91. The molecule has 0 aliphatic carbocycles. The Morgan fingerprint density at radius 2 is 1.77 bits per heavy atom. The summed E-state index contributed by atoms with van der Waals surface area (Å²) < 4.78 is 49.3. The second-order valence-corrected chi connectivity index (χ2v) is 11.0. The van der Waals surface area contributed by atoms with Crippen molar-refractivity contribution >= 4 is 40.2 Å². The van der Waals surface area contributed by atoms with Crippen molar-refractivity contribution in [3.8, 4) is 0 Å². The second-order valence-electron chi connectivity index (χ2n) is 6.12. The standard InChI is InChI=1S/C10H16N5O13P3/c11-8-5-9(13-2-12-8)15(3-14-5)10(7(18)6(17)4(1-16)26-10)29(19,20)27-31(24,25)28-30(21,22)23/h2-4,6-7,16-18H,1H2,(H,19,20)(H,24,25)(H2,11,12,13)(H2,21,22,23)/t4-,6-,7-,10+/m1/s1. The Labute approximate surface area is 171 Å². The molecular formula is C10H16N5O13P3. The van der Waals surface area contributed by atoms with Crippen molar-refractivity contribution in [3.63, 3.8) is 0 Å². The summed E-state index contributed by atoms with van der Waals surface area (Å²) in [5.41, 5.74) is 1.87. The molecule has 31 heavy (non-hydrogen) atoms. The van der Waals surface area contributed by atoms with Gasteiger partial charge in [0.1, 0.15) is 36.5 Å². The molecule has 18 nitrogen and oxygen atoms in total. The summed E-state index contributed by atoms with van der Waals surface area (Å²) >= 11 is 0. The van der Waals surface area contributed by atoms with Gasteiger partial charge in [0.2, 0.25) is 0 Å². The molecule has 1 aliphatic heterocycles. The van der Waals surface area contributed by atoms with Crippen LogP contribution in [-0.4, -0.2) is 79.3 Å². The number of nitrogens with two attached hydrogens (primary N) is 1. The van der Waals surface area contributed by atoms with Crippen molar-refractivity contribution in [2.75, 3.05) is 12.3 Å². The molecule has 2 aromatic rings. The van der Waals surface area contributed by atoms with Crippen LogP contribution < -0.4 is 5.73 Å². The van der Waals surface area contributed by atoms with Gasteiger partial charge in [-0.25, -0.2) is 28.4 Å². The van der Waals surface area contributed by atoms with Crippen molar-refractivity contribution in [1.82, 2.24) is 19.5 Å². The average molecular weight is 507 g/mol. The van der Waals surface area contributed by atoms with E-state index in [1.807, 2.05) is 0 Å². The zero-order chi connectivity index (χ0) is 23.4. The highest BCUT2D eigenvalue weighted by Crippen LogP contribution is 2.73. The quantitative estimate of drug-likeness (QED) is 0.180. The van der Waals surface area contributed by atoms with E-state index >= 15 is 0 Å². The number of aliphatic hydroxyl groups excluding tert-OH is 3. The fraction of sp³-hybridized carbons (Fsp3) is 0.500. The van der Waals surface area contributed by atoms with Crippen LogP contribution in [0.15, 0.2) is 12.7 Å². The highest BCUT2D eigenvalue weighted by molar-refractivity contribution is 7.68. The Balaban J connectivity index is 2.22. The number of nitrogens with zero attached hydrogens (tertiary/aromatic N) is 4. The molecule has 0 spiro atoms. The van der Waals surface area contributed by atoms with Crippen molar-refractivity contribution in [2.24, 2.45) is 0 Å². The van der Waals surface area contributed by atoms with Gasteiger partial charge >= 0.3 is 23.2 Å². The molecule has 2 unspecified atom stereocenters. The Kier molecular flexibility index (Phi) is 6.19. The first-order chi connectivity index (χ1) is 14.2. The predicted molar refractivity (Wildman–Crippen MR) is 95.5 cm³/mol. The van der Waals surface area contributed by atoms with Gasteiger partial charge in [0.25, 0.3) is 5.47 Å². The van der Waals surface area contributed by atoms with E-state index in [-0.39, 0.29) is 17.0 Å². The summed E-state index contributed by atoms with van der Waals surface area (Å²) in [7, 11) is -17.6. The molecule has 2 aromatic heterocycles. The summed E-state index contributed by atoms with van der Waals surface area (Å²) in [5, 5.41) is 30.1. The lowest BCUT2D eigenvalue weighted by atomic mass is 10.1. The van der Waals surface area contributed by atoms with Crippen molar-refractivity contribution < 1.29 is 61.9 Å². The fourth-order valence-electron chi connectivity index (χ4n) is 2.94. The van der Waals surface area contributed by atoms with Crippen molar-refractivity contribution in [2.45, 2.75) is 23.8 Å². The number of rotatable bonds is 7. The SMILES string of the molecule is Nc1ncnc2c1ncn2[C@]1(P(=O)(O)OP(=O)(O)OP(=O)(O)O)O[C@H](CO)[C@@H](O)[C@H]1O. The van der Waals surface area contributed by atoms with Crippen LogP contribution in [-0.2, 0) is 32.5 Å². The van der Waals surface area contributed by atoms with Crippen LogP contribution in [0.25, 0.3) is 11.2 Å². The highest BCUT2D eigenvalue weighted by atomic mass is 31.3. The van der Waals surface area contributed by atoms with E-state index in [9.17, 15) is 38.8 Å². The van der Waals surface area contributed by atoms with E-state index in [1.165, 1.54) is 0 Å². The second kappa shape index (κ2) is 7.90. The largest absolute Gasteiger partial charge is 0.488 e. The smallest absolute Gasteiger partial charge is 0.394 e. The van der Waals surface area contributed by atoms with Gasteiger partial charge in [-0.05, 0) is 0 Å². The number of nitrogen functional groups attached to an aromatic ring is 1. The minimum atomic E-state index is -5.98. The number of anilines is 1. The molecule has 9 N–H and O–H groups in total. The van der Waals surface area contributed by atoms with Gasteiger partial charge in [-0.2, -0.15) is 4.31 Å². The van der Waals surface area contributed by atoms with E-state index in [4.69, 9.17) is 20.3 Å². The van der Waals surface area contributed by atoms with Crippen LogP contribution in [0, 0.1) is 0 Å². The number of hydrogen-bond donors (Lipinski definition) is 8. The minimum Gasteiger partial charge on any atom is -0.394 e.